The molecule has 0 radical (unpaired) electrons. The summed E-state index contributed by atoms with van der Waals surface area (Å²) in [6, 6.07) is 8.72. The third-order valence-corrected chi connectivity index (χ3v) is 5.64. The van der Waals surface area contributed by atoms with E-state index in [4.69, 9.17) is 22.1 Å². The molecule has 0 spiro atoms. The fraction of sp³-hybridized carbons (Fsp3) is 0.200. The molecule has 0 aliphatic carbocycles. The number of amides is 1. The van der Waals surface area contributed by atoms with Crippen LogP contribution in [0.2, 0.25) is 5.02 Å². The fourth-order valence-corrected chi connectivity index (χ4v) is 3.94. The number of halogens is 1. The monoisotopic (exact) mass is 485 g/mol. The van der Waals surface area contributed by atoms with E-state index >= 15 is 0 Å². The number of aliphatic imine (C=N–C) groups is 1. The highest BCUT2D eigenvalue weighted by atomic mass is 35.5. The summed E-state index contributed by atoms with van der Waals surface area (Å²) in [5.41, 5.74) is 8.15. The predicted molar refractivity (Wildman–Crippen MR) is 139 cm³/mol. The second-order valence-corrected chi connectivity index (χ2v) is 8.72. The maximum Gasteiger partial charge on any atom is 0.252 e. The molecule has 1 aliphatic heterocycles. The molecular weight excluding hydrogens is 458 g/mol. The summed E-state index contributed by atoms with van der Waals surface area (Å²) in [6.45, 7) is 17.7. The van der Waals surface area contributed by atoms with Gasteiger partial charge in [0.25, 0.3) is 5.91 Å². The second-order valence-electron chi connectivity index (χ2n) is 7.04. The van der Waals surface area contributed by atoms with Crippen molar-refractivity contribution in [3.8, 4) is 5.75 Å². The smallest absolute Gasteiger partial charge is 0.252 e. The van der Waals surface area contributed by atoms with E-state index in [1.807, 2.05) is 19.9 Å². The van der Waals surface area contributed by atoms with Crippen LogP contribution in [0, 0.1) is 0 Å². The van der Waals surface area contributed by atoms with Gasteiger partial charge in [0.15, 0.2) is 5.84 Å². The summed E-state index contributed by atoms with van der Waals surface area (Å²) >= 11 is 6.04. The third-order valence-electron chi connectivity index (χ3n) is 4.57. The zero-order valence-electron chi connectivity index (χ0n) is 19.3. The maximum absolute atomic E-state index is 12.1. The lowest BCUT2D eigenvalue weighted by Gasteiger charge is -2.14. The van der Waals surface area contributed by atoms with E-state index in [9.17, 15) is 9.00 Å². The van der Waals surface area contributed by atoms with Crippen molar-refractivity contribution in [2.45, 2.75) is 20.8 Å². The van der Waals surface area contributed by atoms with Gasteiger partial charge in [-0.1, -0.05) is 51.3 Å². The maximum atomic E-state index is 12.1. The van der Waals surface area contributed by atoms with Crippen molar-refractivity contribution >= 4 is 45.1 Å². The number of rotatable bonds is 7. The molecule has 174 valence electrons. The largest absolute Gasteiger partial charge is 0.488 e. The van der Waals surface area contributed by atoms with Crippen molar-refractivity contribution < 1.29 is 13.7 Å². The van der Waals surface area contributed by atoms with Gasteiger partial charge < -0.3 is 10.5 Å². The first kappa shape index (κ1) is 26.1. The molecule has 2 aromatic carbocycles. The van der Waals surface area contributed by atoms with Crippen LogP contribution in [0.5, 0.6) is 5.75 Å². The van der Waals surface area contributed by atoms with Crippen molar-refractivity contribution in [3.05, 3.63) is 89.3 Å². The van der Waals surface area contributed by atoms with Crippen LogP contribution in [0.3, 0.4) is 0 Å². The second kappa shape index (κ2) is 11.1. The Morgan fingerprint density at radius 1 is 1.21 bits per heavy atom. The molecule has 2 aromatic rings. The molecule has 0 fully saturated rings. The lowest BCUT2D eigenvalue weighted by Crippen LogP contribution is -2.23. The first-order valence-corrected chi connectivity index (χ1v) is 12.1. The van der Waals surface area contributed by atoms with E-state index in [2.05, 4.69) is 24.7 Å². The number of carbonyl (C=O) groups is 1. The number of carbonyl (C=O) groups excluding carboxylic acids is 1. The molecule has 1 aliphatic rings. The van der Waals surface area contributed by atoms with E-state index in [-0.39, 0.29) is 12.2 Å². The van der Waals surface area contributed by atoms with Gasteiger partial charge in [0.2, 0.25) is 0 Å². The van der Waals surface area contributed by atoms with E-state index in [1.165, 1.54) is 4.31 Å². The van der Waals surface area contributed by atoms with Crippen LogP contribution in [0.4, 0.5) is 0 Å². The van der Waals surface area contributed by atoms with Gasteiger partial charge >= 0.3 is 0 Å². The Hall–Kier alpha value is -3.16. The van der Waals surface area contributed by atoms with Crippen molar-refractivity contribution in [3.63, 3.8) is 0 Å². The minimum absolute atomic E-state index is 0.0643. The Bertz CT molecular complexity index is 1230. The topological polar surface area (TPSA) is 85.0 Å². The van der Waals surface area contributed by atoms with Gasteiger partial charge in [-0.3, -0.25) is 4.79 Å². The molecule has 1 heterocycles. The molecule has 0 bridgehead atoms. The van der Waals surface area contributed by atoms with Gasteiger partial charge in [-0.15, -0.1) is 0 Å². The van der Waals surface area contributed by atoms with Crippen LogP contribution in [0.25, 0.3) is 10.8 Å². The van der Waals surface area contributed by atoms with E-state index in [1.54, 1.807) is 43.6 Å². The van der Waals surface area contributed by atoms with Gasteiger partial charge in [-0.05, 0) is 47.5 Å². The summed E-state index contributed by atoms with van der Waals surface area (Å²) in [5.74, 6) is 0.166. The molecule has 1 atom stereocenters. The molecule has 3 rings (SSSR count). The number of fused-ring (bicyclic) bond motifs is 1. The molecule has 0 saturated heterocycles. The molecule has 2 N–H and O–H groups in total. The van der Waals surface area contributed by atoms with Crippen molar-refractivity contribution in [1.82, 2.24) is 4.31 Å². The van der Waals surface area contributed by atoms with Crippen LogP contribution >= 0.6 is 11.6 Å². The average molecular weight is 486 g/mol. The average Bonchev–Trinajstić information content (AvgIpc) is 3.08. The lowest BCUT2D eigenvalue weighted by atomic mass is 10.0. The number of nitrogens with two attached hydrogens (primary N) is 1. The molecule has 1 unspecified atom stereocenters. The molecule has 33 heavy (non-hydrogen) atoms. The third kappa shape index (κ3) is 6.00. The van der Waals surface area contributed by atoms with Crippen molar-refractivity contribution in [1.29, 1.82) is 0 Å². The lowest BCUT2D eigenvalue weighted by molar-refractivity contribution is 0.0997. The van der Waals surface area contributed by atoms with Gasteiger partial charge in [-0.25, -0.2) is 13.5 Å². The van der Waals surface area contributed by atoms with E-state index < -0.39 is 16.9 Å². The number of nitrogens with zero attached hydrogens (tertiary/aromatic N) is 2. The van der Waals surface area contributed by atoms with Gasteiger partial charge in [0.05, 0.1) is 5.56 Å². The Morgan fingerprint density at radius 2 is 1.88 bits per heavy atom. The van der Waals surface area contributed by atoms with Gasteiger partial charge in [0.1, 0.15) is 23.3 Å². The SMILES string of the molecule is C=C(C)N=C1C(=C)C(C(=C)COc2cc3ccc(Cl)cc3cc2C(N)=O)=CN1S(C)=O.CC. The van der Waals surface area contributed by atoms with Crippen molar-refractivity contribution in [2.75, 3.05) is 12.9 Å². The molecule has 0 saturated carbocycles. The van der Waals surface area contributed by atoms with Crippen LogP contribution in [0.1, 0.15) is 31.1 Å². The molecular formula is C25H28ClN3O3S. The minimum Gasteiger partial charge on any atom is -0.488 e. The minimum atomic E-state index is -1.34. The quantitative estimate of drug-likeness (QED) is 0.559. The Balaban J connectivity index is 0.00000187. The van der Waals surface area contributed by atoms with Crippen LogP contribution in [-0.4, -0.2) is 33.1 Å². The number of primary amides is 1. The number of allylic oxidation sites excluding steroid dienone is 1. The highest BCUT2D eigenvalue weighted by Crippen LogP contribution is 2.31. The number of hydrogen-bond acceptors (Lipinski definition) is 4. The van der Waals surface area contributed by atoms with Crippen LogP contribution < -0.4 is 10.5 Å². The predicted octanol–water partition coefficient (Wildman–Crippen LogP) is 5.53. The number of benzene rings is 2. The molecule has 0 aromatic heterocycles. The summed E-state index contributed by atoms with van der Waals surface area (Å²) in [4.78, 5) is 16.3. The summed E-state index contributed by atoms with van der Waals surface area (Å²) in [5, 5.41) is 2.19. The molecule has 1 amide bonds. The molecule has 8 heteroatoms. The van der Waals surface area contributed by atoms with Crippen molar-refractivity contribution in [2.24, 2.45) is 10.7 Å². The first-order chi connectivity index (χ1) is 15.6. The van der Waals surface area contributed by atoms with E-state index in [0.717, 1.165) is 10.8 Å². The summed E-state index contributed by atoms with van der Waals surface area (Å²) in [6.07, 6.45) is 3.21. The zero-order valence-corrected chi connectivity index (χ0v) is 20.8. The number of ether oxygens (including phenoxy) is 1. The van der Waals surface area contributed by atoms with Gasteiger partial charge in [-0.2, -0.15) is 0 Å². The number of hydrogen-bond donors (Lipinski definition) is 1. The zero-order chi connectivity index (χ0) is 24.9. The Kier molecular flexibility index (Phi) is 8.79. The van der Waals surface area contributed by atoms with E-state index in [0.29, 0.717) is 39.0 Å². The first-order valence-electron chi connectivity index (χ1n) is 10.2. The highest BCUT2D eigenvalue weighted by Gasteiger charge is 2.28. The normalized spacial score (nSPS) is 15.1. The van der Waals surface area contributed by atoms with Crippen LogP contribution in [-0.2, 0) is 11.0 Å². The standard InChI is InChI=1S/C23H22ClN3O3S.C2H6/c1-13(2)26-23-15(4)20(11-27(23)31(5)29)14(3)12-30-21-10-16-6-7-18(24)8-17(16)9-19(21)22(25)28;1-2/h6-11H,1,3-4,12H2,2,5H3,(H2,25,28);1-2H3. The van der Waals surface area contributed by atoms with Gasteiger partial charge in [0, 0.05) is 34.3 Å². The fourth-order valence-electron chi connectivity index (χ4n) is 3.11. The number of amidine groups is 1. The molecule has 6 nitrogen and oxygen atoms in total. The summed E-state index contributed by atoms with van der Waals surface area (Å²) < 4.78 is 19.5. The Labute approximate surface area is 202 Å². The summed E-state index contributed by atoms with van der Waals surface area (Å²) in [7, 11) is -1.34. The Morgan fingerprint density at radius 3 is 2.45 bits per heavy atom. The highest BCUT2D eigenvalue weighted by molar-refractivity contribution is 7.82. The van der Waals surface area contributed by atoms with Crippen LogP contribution in [0.15, 0.2) is 83.7 Å².